The van der Waals surface area contributed by atoms with E-state index in [1.807, 2.05) is 63.2 Å². The SMILES string of the molecule is CC(C)(C)OC(=O)n1c(Cc2ccc(O)cc2)cc2ccccc21. The largest absolute Gasteiger partial charge is 0.508 e. The highest BCUT2D eigenvalue weighted by atomic mass is 16.6. The molecule has 0 aliphatic heterocycles. The van der Waals surface area contributed by atoms with E-state index < -0.39 is 5.60 Å². The smallest absolute Gasteiger partial charge is 0.419 e. The summed E-state index contributed by atoms with van der Waals surface area (Å²) >= 11 is 0. The topological polar surface area (TPSA) is 51.5 Å². The first kappa shape index (κ1) is 16.1. The number of phenols is 1. The van der Waals surface area contributed by atoms with Crippen LogP contribution in [0.4, 0.5) is 4.79 Å². The molecule has 0 amide bonds. The van der Waals surface area contributed by atoms with Gasteiger partial charge in [-0.25, -0.2) is 9.36 Å². The Labute approximate surface area is 141 Å². The Morgan fingerprint density at radius 1 is 1.08 bits per heavy atom. The molecule has 1 N–H and O–H groups in total. The van der Waals surface area contributed by atoms with Gasteiger partial charge in [-0.05, 0) is 50.6 Å². The van der Waals surface area contributed by atoms with Crippen LogP contribution >= 0.6 is 0 Å². The van der Waals surface area contributed by atoms with E-state index in [2.05, 4.69) is 0 Å². The fourth-order valence-corrected chi connectivity index (χ4v) is 2.69. The molecule has 0 spiro atoms. The number of ether oxygens (including phenoxy) is 1. The first-order valence-electron chi connectivity index (χ1n) is 7.94. The number of para-hydroxylation sites is 1. The van der Waals surface area contributed by atoms with E-state index in [-0.39, 0.29) is 11.8 Å². The van der Waals surface area contributed by atoms with Crippen LogP contribution in [0.15, 0.2) is 54.6 Å². The summed E-state index contributed by atoms with van der Waals surface area (Å²) in [5.74, 6) is 0.228. The quantitative estimate of drug-likeness (QED) is 0.742. The molecule has 3 aromatic rings. The van der Waals surface area contributed by atoms with E-state index in [4.69, 9.17) is 4.74 Å². The highest BCUT2D eigenvalue weighted by Crippen LogP contribution is 2.24. The lowest BCUT2D eigenvalue weighted by Crippen LogP contribution is -2.28. The van der Waals surface area contributed by atoms with Gasteiger partial charge in [0.15, 0.2) is 0 Å². The zero-order valence-corrected chi connectivity index (χ0v) is 14.1. The molecule has 0 fully saturated rings. The van der Waals surface area contributed by atoms with Crippen LogP contribution in [-0.4, -0.2) is 21.4 Å². The Morgan fingerprint density at radius 3 is 2.42 bits per heavy atom. The van der Waals surface area contributed by atoms with Crippen LogP contribution < -0.4 is 0 Å². The molecule has 0 radical (unpaired) electrons. The summed E-state index contributed by atoms with van der Waals surface area (Å²) in [6, 6.07) is 16.8. The molecule has 124 valence electrons. The van der Waals surface area contributed by atoms with Crippen molar-refractivity contribution in [3.8, 4) is 5.75 Å². The van der Waals surface area contributed by atoms with Crippen molar-refractivity contribution in [1.29, 1.82) is 0 Å². The van der Waals surface area contributed by atoms with E-state index in [0.29, 0.717) is 6.42 Å². The molecule has 1 heterocycles. The Kier molecular flexibility index (Phi) is 4.06. The molecule has 3 rings (SSSR count). The average molecular weight is 323 g/mol. The van der Waals surface area contributed by atoms with Crippen molar-refractivity contribution in [2.75, 3.05) is 0 Å². The van der Waals surface area contributed by atoms with Gasteiger partial charge >= 0.3 is 6.09 Å². The molecule has 0 unspecified atom stereocenters. The van der Waals surface area contributed by atoms with Gasteiger partial charge in [-0.1, -0.05) is 30.3 Å². The molecule has 24 heavy (non-hydrogen) atoms. The lowest BCUT2D eigenvalue weighted by molar-refractivity contribution is 0.0541. The molecule has 0 aliphatic rings. The number of phenolic OH excluding ortho intramolecular Hbond substituents is 1. The Balaban J connectivity index is 2.04. The van der Waals surface area contributed by atoms with Crippen LogP contribution in [-0.2, 0) is 11.2 Å². The van der Waals surface area contributed by atoms with Crippen molar-refractivity contribution in [3.63, 3.8) is 0 Å². The molecule has 1 aromatic heterocycles. The second kappa shape index (κ2) is 6.04. The summed E-state index contributed by atoms with van der Waals surface area (Å²) in [5, 5.41) is 10.4. The minimum atomic E-state index is -0.557. The molecule has 0 aliphatic carbocycles. The van der Waals surface area contributed by atoms with Crippen LogP contribution in [0.25, 0.3) is 10.9 Å². The molecule has 4 heteroatoms. The van der Waals surface area contributed by atoms with Crippen molar-refractivity contribution in [2.24, 2.45) is 0 Å². The van der Waals surface area contributed by atoms with Gasteiger partial charge in [0.1, 0.15) is 11.4 Å². The van der Waals surface area contributed by atoms with Gasteiger partial charge in [-0.3, -0.25) is 0 Å². The number of fused-ring (bicyclic) bond motifs is 1. The number of carbonyl (C=O) groups is 1. The summed E-state index contributed by atoms with van der Waals surface area (Å²) in [4.78, 5) is 12.7. The normalized spacial score (nSPS) is 11.6. The maximum Gasteiger partial charge on any atom is 0.419 e. The van der Waals surface area contributed by atoms with Crippen LogP contribution in [0.2, 0.25) is 0 Å². The van der Waals surface area contributed by atoms with Gasteiger partial charge in [0.05, 0.1) is 5.52 Å². The zero-order chi connectivity index (χ0) is 17.3. The first-order valence-corrected chi connectivity index (χ1v) is 7.94. The van der Waals surface area contributed by atoms with Crippen LogP contribution in [0, 0.1) is 0 Å². The van der Waals surface area contributed by atoms with E-state index >= 15 is 0 Å². The minimum absolute atomic E-state index is 0.228. The fourth-order valence-electron chi connectivity index (χ4n) is 2.69. The number of benzene rings is 2. The Hall–Kier alpha value is -2.75. The van der Waals surface area contributed by atoms with Gasteiger partial charge in [0, 0.05) is 17.5 Å². The van der Waals surface area contributed by atoms with Crippen molar-refractivity contribution in [3.05, 3.63) is 65.9 Å². The summed E-state index contributed by atoms with van der Waals surface area (Å²) < 4.78 is 7.20. The summed E-state index contributed by atoms with van der Waals surface area (Å²) in [6.45, 7) is 5.57. The van der Waals surface area contributed by atoms with Gasteiger partial charge < -0.3 is 9.84 Å². The molecule has 0 saturated carbocycles. The third-order valence-corrected chi connectivity index (χ3v) is 3.68. The van der Waals surface area contributed by atoms with E-state index in [1.165, 1.54) is 0 Å². The molecular formula is C20H21NO3. The Morgan fingerprint density at radius 2 is 1.75 bits per heavy atom. The number of aromatic nitrogens is 1. The summed E-state index contributed by atoms with van der Waals surface area (Å²) in [7, 11) is 0. The Bertz CT molecular complexity index is 870. The number of aromatic hydroxyl groups is 1. The minimum Gasteiger partial charge on any atom is -0.508 e. The number of nitrogens with zero attached hydrogens (tertiary/aromatic N) is 1. The van der Waals surface area contributed by atoms with Crippen LogP contribution in [0.1, 0.15) is 32.0 Å². The van der Waals surface area contributed by atoms with Gasteiger partial charge in [0.25, 0.3) is 0 Å². The van der Waals surface area contributed by atoms with Crippen molar-refractivity contribution in [2.45, 2.75) is 32.8 Å². The zero-order valence-electron chi connectivity index (χ0n) is 14.1. The highest BCUT2D eigenvalue weighted by Gasteiger charge is 2.22. The van der Waals surface area contributed by atoms with E-state index in [1.54, 1.807) is 16.7 Å². The molecule has 0 saturated heterocycles. The highest BCUT2D eigenvalue weighted by molar-refractivity contribution is 5.91. The second-order valence-corrected chi connectivity index (χ2v) is 6.85. The van der Waals surface area contributed by atoms with Crippen molar-refractivity contribution in [1.82, 2.24) is 4.57 Å². The number of hydrogen-bond acceptors (Lipinski definition) is 3. The summed E-state index contributed by atoms with van der Waals surface area (Å²) in [5.41, 5.74) is 2.15. The van der Waals surface area contributed by atoms with Crippen LogP contribution in [0.3, 0.4) is 0 Å². The van der Waals surface area contributed by atoms with Gasteiger partial charge in [-0.2, -0.15) is 0 Å². The van der Waals surface area contributed by atoms with Gasteiger partial charge in [0.2, 0.25) is 0 Å². The van der Waals surface area contributed by atoms with Crippen molar-refractivity contribution >= 4 is 17.0 Å². The van der Waals surface area contributed by atoms with E-state index in [9.17, 15) is 9.90 Å². The number of carbonyl (C=O) groups excluding carboxylic acids is 1. The third-order valence-electron chi connectivity index (χ3n) is 3.68. The predicted octanol–water partition coefficient (Wildman–Crippen LogP) is 4.72. The predicted molar refractivity (Wildman–Crippen MR) is 94.5 cm³/mol. The summed E-state index contributed by atoms with van der Waals surface area (Å²) in [6.07, 6.45) is 0.200. The first-order chi connectivity index (χ1) is 11.3. The fraction of sp³-hybridized carbons (Fsp3) is 0.250. The van der Waals surface area contributed by atoms with Gasteiger partial charge in [-0.15, -0.1) is 0 Å². The van der Waals surface area contributed by atoms with Crippen LogP contribution in [0.5, 0.6) is 5.75 Å². The lowest BCUT2D eigenvalue weighted by atomic mass is 10.1. The lowest BCUT2D eigenvalue weighted by Gasteiger charge is -2.21. The molecule has 4 nitrogen and oxygen atoms in total. The average Bonchev–Trinajstić information content (AvgIpc) is 2.85. The molecule has 2 aromatic carbocycles. The van der Waals surface area contributed by atoms with E-state index in [0.717, 1.165) is 22.2 Å². The second-order valence-electron chi connectivity index (χ2n) is 6.85. The maximum atomic E-state index is 12.7. The molecule has 0 bridgehead atoms. The third kappa shape index (κ3) is 3.43. The molecular weight excluding hydrogens is 302 g/mol. The number of hydrogen-bond donors (Lipinski definition) is 1. The maximum absolute atomic E-state index is 12.7. The van der Waals surface area contributed by atoms with Crippen molar-refractivity contribution < 1.29 is 14.6 Å². The monoisotopic (exact) mass is 323 g/mol. The standard InChI is InChI=1S/C20H21NO3/c1-20(2,3)24-19(23)21-16(12-14-8-10-17(22)11-9-14)13-15-6-4-5-7-18(15)21/h4-11,13,22H,12H2,1-3H3. The number of rotatable bonds is 2. The molecule has 0 atom stereocenters.